The van der Waals surface area contributed by atoms with Crippen LogP contribution in [0, 0.1) is 11.6 Å². The molecule has 2 rings (SSSR count). The molecule has 9 heteroatoms. The van der Waals surface area contributed by atoms with E-state index in [9.17, 15) is 22.0 Å². The lowest BCUT2D eigenvalue weighted by molar-refractivity contribution is -0.117. The molecule has 0 aromatic heterocycles. The van der Waals surface area contributed by atoms with Crippen molar-refractivity contribution in [3.63, 3.8) is 0 Å². The molecule has 0 spiro atoms. The van der Waals surface area contributed by atoms with E-state index < -0.39 is 31.8 Å². The molecule has 1 aromatic carbocycles. The van der Waals surface area contributed by atoms with E-state index in [2.05, 4.69) is 0 Å². The first-order valence-electron chi connectivity index (χ1n) is 5.51. The monoisotopic (exact) mass is 325 g/mol. The van der Waals surface area contributed by atoms with E-state index in [0.717, 1.165) is 17.0 Å². The Morgan fingerprint density at radius 2 is 1.95 bits per heavy atom. The molecule has 1 aliphatic rings. The van der Waals surface area contributed by atoms with Crippen LogP contribution in [0.25, 0.3) is 0 Å². The number of carbonyl (C=O) groups excluding carboxylic acids is 1. The minimum absolute atomic E-state index is 0.0285. The SMILES string of the molecule is COc1cc(F)c(F)cc1N1CC(S(=O)(=O)Cl)CC1=O. The molecule has 1 unspecified atom stereocenters. The third-order valence-electron chi connectivity index (χ3n) is 3.00. The van der Waals surface area contributed by atoms with Gasteiger partial charge in [0.1, 0.15) is 11.0 Å². The molecule has 1 fully saturated rings. The van der Waals surface area contributed by atoms with E-state index >= 15 is 0 Å². The van der Waals surface area contributed by atoms with Gasteiger partial charge in [0.2, 0.25) is 15.0 Å². The maximum atomic E-state index is 13.3. The largest absolute Gasteiger partial charge is 0.494 e. The molecule has 0 aliphatic carbocycles. The molecular formula is C11H10ClF2NO4S. The van der Waals surface area contributed by atoms with Crippen LogP contribution >= 0.6 is 10.7 Å². The molecule has 20 heavy (non-hydrogen) atoms. The van der Waals surface area contributed by atoms with Crippen LogP contribution in [0.2, 0.25) is 0 Å². The van der Waals surface area contributed by atoms with Crippen LogP contribution < -0.4 is 9.64 Å². The summed E-state index contributed by atoms with van der Waals surface area (Å²) in [4.78, 5) is 12.8. The second kappa shape index (κ2) is 5.17. The number of methoxy groups -OCH3 is 1. The summed E-state index contributed by atoms with van der Waals surface area (Å²) in [5.74, 6) is -2.90. The second-order valence-corrected chi connectivity index (χ2v) is 7.15. The minimum atomic E-state index is -3.91. The first-order valence-corrected chi connectivity index (χ1v) is 7.88. The average Bonchev–Trinajstić information content (AvgIpc) is 2.74. The number of rotatable bonds is 3. The Morgan fingerprint density at radius 1 is 1.35 bits per heavy atom. The van der Waals surface area contributed by atoms with Gasteiger partial charge in [-0.2, -0.15) is 0 Å². The highest BCUT2D eigenvalue weighted by Crippen LogP contribution is 2.35. The smallest absolute Gasteiger partial charge is 0.237 e. The van der Waals surface area contributed by atoms with Crippen LogP contribution in [0.15, 0.2) is 12.1 Å². The van der Waals surface area contributed by atoms with Gasteiger partial charge in [-0.25, -0.2) is 17.2 Å². The van der Waals surface area contributed by atoms with E-state index in [1.807, 2.05) is 0 Å². The van der Waals surface area contributed by atoms with Crippen LogP contribution in [-0.2, 0) is 13.8 Å². The molecule has 1 saturated heterocycles. The maximum Gasteiger partial charge on any atom is 0.237 e. The summed E-state index contributed by atoms with van der Waals surface area (Å²) >= 11 is 0. The Kier molecular flexibility index (Phi) is 3.88. The van der Waals surface area contributed by atoms with Gasteiger partial charge in [-0.3, -0.25) is 4.79 Å². The van der Waals surface area contributed by atoms with Gasteiger partial charge in [0.15, 0.2) is 11.6 Å². The molecule has 110 valence electrons. The Labute approximate surface area is 118 Å². The first kappa shape index (κ1) is 15.0. The van der Waals surface area contributed by atoms with Crippen LogP contribution in [0.3, 0.4) is 0 Å². The summed E-state index contributed by atoms with van der Waals surface area (Å²) in [7, 11) is 2.53. The molecule has 0 bridgehead atoms. The molecule has 5 nitrogen and oxygen atoms in total. The molecule has 1 atom stereocenters. The van der Waals surface area contributed by atoms with Crippen molar-refractivity contribution >= 4 is 31.3 Å². The predicted octanol–water partition coefficient (Wildman–Crippen LogP) is 1.65. The maximum absolute atomic E-state index is 13.3. The topological polar surface area (TPSA) is 63.7 Å². The van der Waals surface area contributed by atoms with E-state index in [4.69, 9.17) is 15.4 Å². The van der Waals surface area contributed by atoms with Crippen LogP contribution in [0.5, 0.6) is 5.75 Å². The van der Waals surface area contributed by atoms with Crippen LogP contribution in [-0.4, -0.2) is 33.2 Å². The van der Waals surface area contributed by atoms with E-state index in [0.29, 0.717) is 0 Å². The lowest BCUT2D eigenvalue weighted by atomic mass is 10.2. The van der Waals surface area contributed by atoms with Gasteiger partial charge in [-0.05, 0) is 0 Å². The van der Waals surface area contributed by atoms with E-state index in [1.54, 1.807) is 0 Å². The quantitative estimate of drug-likeness (QED) is 0.793. The van der Waals surface area contributed by atoms with Crippen molar-refractivity contribution in [1.29, 1.82) is 0 Å². The fourth-order valence-electron chi connectivity index (χ4n) is 1.99. The summed E-state index contributed by atoms with van der Waals surface area (Å²) in [6.07, 6.45) is -0.312. The predicted molar refractivity (Wildman–Crippen MR) is 68.4 cm³/mol. The highest BCUT2D eigenvalue weighted by atomic mass is 35.7. The summed E-state index contributed by atoms with van der Waals surface area (Å²) < 4.78 is 53.8. The van der Waals surface area contributed by atoms with Gasteiger partial charge >= 0.3 is 0 Å². The van der Waals surface area contributed by atoms with Crippen molar-refractivity contribution in [3.8, 4) is 5.75 Å². The third kappa shape index (κ3) is 2.71. The highest BCUT2D eigenvalue weighted by Gasteiger charge is 2.39. The number of hydrogen-bond acceptors (Lipinski definition) is 4. The standard InChI is InChI=1S/C11H10ClF2NO4S/c1-19-10-4-8(14)7(13)3-9(10)15-5-6(2-11(15)16)20(12,17)18/h3-4,6H,2,5H2,1H3. The molecule has 0 radical (unpaired) electrons. The lowest BCUT2D eigenvalue weighted by Gasteiger charge is -2.19. The van der Waals surface area contributed by atoms with Crippen molar-refractivity contribution in [3.05, 3.63) is 23.8 Å². The normalized spacial score (nSPS) is 19.5. The number of ether oxygens (including phenoxy) is 1. The van der Waals surface area contributed by atoms with Gasteiger partial charge in [0.05, 0.1) is 12.8 Å². The molecule has 1 amide bonds. The fourth-order valence-corrected chi connectivity index (χ4v) is 3.02. The van der Waals surface area contributed by atoms with E-state index in [-0.39, 0.29) is 24.4 Å². The number of benzene rings is 1. The van der Waals surface area contributed by atoms with Crippen molar-refractivity contribution in [2.24, 2.45) is 0 Å². The zero-order chi connectivity index (χ0) is 15.1. The van der Waals surface area contributed by atoms with Crippen molar-refractivity contribution in [2.75, 3.05) is 18.6 Å². The van der Waals surface area contributed by atoms with Gasteiger partial charge in [-0.15, -0.1) is 0 Å². The fraction of sp³-hybridized carbons (Fsp3) is 0.364. The summed E-state index contributed by atoms with van der Waals surface area (Å²) in [5.41, 5.74) is -0.0285. The van der Waals surface area contributed by atoms with Crippen molar-refractivity contribution < 1.29 is 26.7 Å². The third-order valence-corrected chi connectivity index (χ3v) is 4.87. The average molecular weight is 326 g/mol. The van der Waals surface area contributed by atoms with Gasteiger partial charge < -0.3 is 9.64 Å². The van der Waals surface area contributed by atoms with Gasteiger partial charge in [0.25, 0.3) is 0 Å². The number of hydrogen-bond donors (Lipinski definition) is 0. The van der Waals surface area contributed by atoms with Gasteiger partial charge in [-0.1, -0.05) is 0 Å². The van der Waals surface area contributed by atoms with Crippen molar-refractivity contribution in [2.45, 2.75) is 11.7 Å². The minimum Gasteiger partial charge on any atom is -0.494 e. The molecule has 0 N–H and O–H groups in total. The number of carbonyl (C=O) groups is 1. The Balaban J connectivity index is 2.42. The molecule has 1 aromatic rings. The molecule has 1 heterocycles. The van der Waals surface area contributed by atoms with E-state index in [1.165, 1.54) is 7.11 Å². The molecular weight excluding hydrogens is 316 g/mol. The highest BCUT2D eigenvalue weighted by molar-refractivity contribution is 8.14. The molecule has 0 saturated carbocycles. The summed E-state index contributed by atoms with van der Waals surface area (Å²) in [6.45, 7) is -0.230. The Bertz CT molecular complexity index is 665. The van der Waals surface area contributed by atoms with Crippen molar-refractivity contribution in [1.82, 2.24) is 0 Å². The Morgan fingerprint density at radius 3 is 2.45 bits per heavy atom. The second-order valence-electron chi connectivity index (χ2n) is 4.24. The lowest BCUT2D eigenvalue weighted by Crippen LogP contribution is -2.27. The zero-order valence-corrected chi connectivity index (χ0v) is 11.8. The number of nitrogens with zero attached hydrogens (tertiary/aromatic N) is 1. The zero-order valence-electron chi connectivity index (χ0n) is 10.3. The summed E-state index contributed by atoms with van der Waals surface area (Å²) in [5, 5.41) is -1.09. The Hall–Kier alpha value is -1.41. The number of halogens is 3. The number of anilines is 1. The molecule has 1 aliphatic heterocycles. The first-order chi connectivity index (χ1) is 9.24. The van der Waals surface area contributed by atoms with Crippen LogP contribution in [0.4, 0.5) is 14.5 Å². The number of amides is 1. The van der Waals surface area contributed by atoms with Gasteiger partial charge in [0, 0.05) is 35.8 Å². The summed E-state index contributed by atoms with van der Waals surface area (Å²) in [6, 6.07) is 1.58. The van der Waals surface area contributed by atoms with Crippen LogP contribution in [0.1, 0.15) is 6.42 Å².